The molecule has 0 amide bonds. The summed E-state index contributed by atoms with van der Waals surface area (Å²) in [5.41, 5.74) is -0.615. The largest absolute Gasteiger partial charge is 0.390 e. The van der Waals surface area contributed by atoms with Crippen LogP contribution in [-0.4, -0.2) is 37.7 Å². The predicted octanol–water partition coefficient (Wildman–Crippen LogP) is -0.227. The summed E-state index contributed by atoms with van der Waals surface area (Å²) in [6.07, 6.45) is -0.224. The fraction of sp³-hybridized carbons (Fsp3) is 0.583. The fourth-order valence-electron chi connectivity index (χ4n) is 2.04. The zero-order chi connectivity index (χ0) is 14.9. The van der Waals surface area contributed by atoms with Gasteiger partial charge in [-0.25, -0.2) is 4.79 Å². The number of carbonyl (C=O) groups is 1. The number of hydrogen-bond donors (Lipinski definition) is 2. The molecule has 3 atom stereocenters. The summed E-state index contributed by atoms with van der Waals surface area (Å²) in [7, 11) is 0. The fourth-order valence-corrected chi connectivity index (χ4v) is 2.74. The number of aryl methyl sites for hydroxylation is 1. The first kappa shape index (κ1) is 15.0. The number of aliphatic hydroxyl groups is 1. The van der Waals surface area contributed by atoms with Crippen LogP contribution in [0.2, 0.25) is 0 Å². The lowest BCUT2D eigenvalue weighted by molar-refractivity contribution is -0.109. The van der Waals surface area contributed by atoms with Crippen LogP contribution in [0.4, 0.5) is 0 Å². The van der Waals surface area contributed by atoms with Crippen molar-refractivity contribution >= 4 is 16.9 Å². The first-order valence-electron chi connectivity index (χ1n) is 6.17. The molecule has 7 nitrogen and oxygen atoms in total. The summed E-state index contributed by atoms with van der Waals surface area (Å²) in [5, 5.41) is 9.86. The van der Waals surface area contributed by atoms with Crippen LogP contribution in [0.5, 0.6) is 0 Å². The molecule has 0 aromatic carbocycles. The van der Waals surface area contributed by atoms with E-state index in [0.29, 0.717) is 11.3 Å². The van der Waals surface area contributed by atoms with Crippen molar-refractivity contribution in [1.82, 2.24) is 9.55 Å². The Morgan fingerprint density at radius 3 is 2.95 bits per heavy atom. The van der Waals surface area contributed by atoms with Crippen molar-refractivity contribution in [3.8, 4) is 0 Å². The topological polar surface area (TPSA) is 101 Å². The molecule has 0 saturated carbocycles. The Hall–Kier alpha value is -1.38. The molecule has 1 aliphatic heterocycles. The Kier molecular flexibility index (Phi) is 4.46. The number of thioether (sulfide) groups is 1. The van der Waals surface area contributed by atoms with Crippen molar-refractivity contribution in [2.75, 3.05) is 5.75 Å². The molecule has 1 aliphatic rings. The van der Waals surface area contributed by atoms with Crippen molar-refractivity contribution in [3.05, 3.63) is 32.6 Å². The van der Waals surface area contributed by atoms with Gasteiger partial charge in [0.1, 0.15) is 6.23 Å². The third-order valence-electron chi connectivity index (χ3n) is 3.11. The summed E-state index contributed by atoms with van der Waals surface area (Å²) in [6.45, 7) is 3.03. The zero-order valence-corrected chi connectivity index (χ0v) is 12.0. The Morgan fingerprint density at radius 1 is 1.60 bits per heavy atom. The smallest absolute Gasteiger partial charge is 0.330 e. The first-order valence-corrected chi connectivity index (χ1v) is 7.16. The molecular formula is C12H16N2O5S. The number of carbonyl (C=O) groups excluding carboxylic acids is 1. The molecule has 0 bridgehead atoms. The maximum absolute atomic E-state index is 11.7. The Morgan fingerprint density at radius 2 is 2.30 bits per heavy atom. The van der Waals surface area contributed by atoms with Crippen LogP contribution in [0.25, 0.3) is 0 Å². The second-order valence-electron chi connectivity index (χ2n) is 4.71. The van der Waals surface area contributed by atoms with Crippen LogP contribution in [-0.2, 0) is 9.53 Å². The lowest BCUT2D eigenvalue weighted by Gasteiger charge is -2.15. The predicted molar refractivity (Wildman–Crippen MR) is 73.7 cm³/mol. The standard InChI is InChI=1S/C12H16N2O5S/c1-6-4-14(12(18)13-11(6)17)10-3-8(16)9(19-10)5-20-7(2)15/h4,8-10,16H,3,5H2,1-2H3,(H,13,17,18)/t8-,9+,10+/m0/s1. The van der Waals surface area contributed by atoms with E-state index in [-0.39, 0.29) is 11.5 Å². The average Bonchev–Trinajstić information content (AvgIpc) is 2.72. The molecule has 110 valence electrons. The Balaban J connectivity index is 2.16. The number of ether oxygens (including phenoxy) is 1. The van der Waals surface area contributed by atoms with Gasteiger partial charge in [-0.05, 0) is 6.92 Å². The van der Waals surface area contributed by atoms with Gasteiger partial charge in [-0.15, -0.1) is 0 Å². The quantitative estimate of drug-likeness (QED) is 0.800. The monoisotopic (exact) mass is 300 g/mol. The maximum Gasteiger partial charge on any atom is 0.330 e. The summed E-state index contributed by atoms with van der Waals surface area (Å²) >= 11 is 1.07. The molecule has 1 aromatic heterocycles. The van der Waals surface area contributed by atoms with Crippen LogP contribution in [0.15, 0.2) is 15.8 Å². The van der Waals surface area contributed by atoms with Gasteiger partial charge in [-0.1, -0.05) is 11.8 Å². The third-order valence-corrected chi connectivity index (χ3v) is 4.01. The van der Waals surface area contributed by atoms with Crippen molar-refractivity contribution in [2.24, 2.45) is 0 Å². The lowest BCUT2D eigenvalue weighted by Crippen LogP contribution is -2.33. The summed E-state index contributed by atoms with van der Waals surface area (Å²) in [4.78, 5) is 36.2. The highest BCUT2D eigenvalue weighted by molar-refractivity contribution is 8.13. The molecule has 20 heavy (non-hydrogen) atoms. The molecule has 0 aliphatic carbocycles. The summed E-state index contributed by atoms with van der Waals surface area (Å²) in [6, 6.07) is 0. The van der Waals surface area contributed by atoms with Crippen LogP contribution in [0, 0.1) is 6.92 Å². The van der Waals surface area contributed by atoms with Gasteiger partial charge in [0.05, 0.1) is 12.2 Å². The van der Waals surface area contributed by atoms with Gasteiger partial charge in [-0.2, -0.15) is 0 Å². The van der Waals surface area contributed by atoms with E-state index in [1.807, 2.05) is 0 Å². The molecule has 2 N–H and O–H groups in total. The van der Waals surface area contributed by atoms with E-state index in [4.69, 9.17) is 4.74 Å². The van der Waals surface area contributed by atoms with Gasteiger partial charge in [-0.3, -0.25) is 19.1 Å². The second kappa shape index (κ2) is 5.94. The minimum Gasteiger partial charge on any atom is -0.390 e. The van der Waals surface area contributed by atoms with E-state index in [0.717, 1.165) is 11.8 Å². The van der Waals surface area contributed by atoms with Crippen molar-refractivity contribution in [2.45, 2.75) is 38.7 Å². The highest BCUT2D eigenvalue weighted by atomic mass is 32.2. The Bertz CT molecular complexity index is 623. The number of rotatable bonds is 3. The van der Waals surface area contributed by atoms with E-state index >= 15 is 0 Å². The molecule has 2 heterocycles. The number of aliphatic hydroxyl groups excluding tert-OH is 1. The van der Waals surface area contributed by atoms with Crippen LogP contribution < -0.4 is 11.2 Å². The van der Waals surface area contributed by atoms with E-state index in [9.17, 15) is 19.5 Å². The van der Waals surface area contributed by atoms with E-state index in [1.54, 1.807) is 6.92 Å². The number of nitrogens with zero attached hydrogens (tertiary/aromatic N) is 1. The minimum atomic E-state index is -0.744. The van der Waals surface area contributed by atoms with E-state index in [2.05, 4.69) is 4.98 Å². The summed E-state index contributed by atoms with van der Waals surface area (Å²) < 4.78 is 6.87. The first-order chi connectivity index (χ1) is 9.38. The van der Waals surface area contributed by atoms with Crippen molar-refractivity contribution in [1.29, 1.82) is 0 Å². The molecule has 2 rings (SSSR count). The van der Waals surface area contributed by atoms with Crippen molar-refractivity contribution < 1.29 is 14.6 Å². The number of nitrogens with one attached hydrogen (secondary N) is 1. The minimum absolute atomic E-state index is 0.0543. The van der Waals surface area contributed by atoms with Gasteiger partial charge < -0.3 is 9.84 Å². The molecule has 8 heteroatoms. The van der Waals surface area contributed by atoms with Crippen LogP contribution >= 0.6 is 11.8 Å². The van der Waals surface area contributed by atoms with E-state index in [1.165, 1.54) is 17.7 Å². The number of aromatic nitrogens is 2. The van der Waals surface area contributed by atoms with Gasteiger partial charge in [0.25, 0.3) is 5.56 Å². The average molecular weight is 300 g/mol. The molecular weight excluding hydrogens is 284 g/mol. The van der Waals surface area contributed by atoms with Gasteiger partial charge >= 0.3 is 5.69 Å². The third kappa shape index (κ3) is 3.20. The van der Waals surface area contributed by atoms with Crippen molar-refractivity contribution in [3.63, 3.8) is 0 Å². The molecule has 1 aromatic rings. The number of aromatic amines is 1. The van der Waals surface area contributed by atoms with Gasteiger partial charge in [0.15, 0.2) is 5.12 Å². The van der Waals surface area contributed by atoms with Gasteiger partial charge in [0.2, 0.25) is 0 Å². The summed E-state index contributed by atoms with van der Waals surface area (Å²) in [5.74, 6) is 0.337. The number of H-pyrrole nitrogens is 1. The SMILES string of the molecule is CC(=O)SC[C@H]1O[C@@H](n2cc(C)c(=O)[nH]c2=O)C[C@@H]1O. The molecule has 1 fully saturated rings. The van der Waals surface area contributed by atoms with Crippen LogP contribution in [0.1, 0.15) is 25.1 Å². The maximum atomic E-state index is 11.7. The molecule has 0 radical (unpaired) electrons. The molecule has 0 spiro atoms. The second-order valence-corrected chi connectivity index (χ2v) is 5.91. The zero-order valence-electron chi connectivity index (χ0n) is 11.2. The lowest BCUT2D eigenvalue weighted by atomic mass is 10.2. The molecule has 0 unspecified atom stereocenters. The molecule has 1 saturated heterocycles. The number of hydrogen-bond acceptors (Lipinski definition) is 6. The highest BCUT2D eigenvalue weighted by Crippen LogP contribution is 2.29. The van der Waals surface area contributed by atoms with E-state index < -0.39 is 29.7 Å². The van der Waals surface area contributed by atoms with Crippen LogP contribution in [0.3, 0.4) is 0 Å². The van der Waals surface area contributed by atoms with Gasteiger partial charge in [0, 0.05) is 30.9 Å². The highest BCUT2D eigenvalue weighted by Gasteiger charge is 2.35. The Labute approximate surface area is 119 Å². The normalized spacial score (nSPS) is 25.9.